The Morgan fingerprint density at radius 2 is 1.60 bits per heavy atom. The van der Waals surface area contributed by atoms with Crippen molar-refractivity contribution in [3.8, 4) is 0 Å². The predicted octanol–water partition coefficient (Wildman–Crippen LogP) is 3.11. The molecule has 6 nitrogen and oxygen atoms in total. The van der Waals surface area contributed by atoms with Crippen LogP contribution in [0.1, 0.15) is 6.42 Å². The highest BCUT2D eigenvalue weighted by Gasteiger charge is 2.76. The van der Waals surface area contributed by atoms with Crippen molar-refractivity contribution >= 4 is 11.8 Å². The van der Waals surface area contributed by atoms with Gasteiger partial charge in [-0.2, -0.15) is 30.7 Å². The molecule has 0 aromatic heterocycles. The minimum Gasteiger partial charge on any atom is -0.477 e. The number of hydrogen-bond acceptors (Lipinski definition) is 5. The third-order valence-electron chi connectivity index (χ3n) is 3.86. The van der Waals surface area contributed by atoms with Gasteiger partial charge in [0.15, 0.2) is 0 Å². The Morgan fingerprint density at radius 3 is 1.90 bits per heavy atom. The number of carbonyl (C=O) groups excluding carboxylic acids is 1. The van der Waals surface area contributed by atoms with Crippen LogP contribution in [0.5, 0.6) is 0 Å². The Balaban J connectivity index is 0.000000584. The fourth-order valence-corrected chi connectivity index (χ4v) is 2.30. The molecule has 0 amide bonds. The molecule has 0 saturated carbocycles. The van der Waals surface area contributed by atoms with Gasteiger partial charge in [-0.3, -0.25) is 4.79 Å². The van der Waals surface area contributed by atoms with Crippen LogP contribution >= 0.6 is 0 Å². The summed E-state index contributed by atoms with van der Waals surface area (Å²) < 4.78 is 80.5. The summed E-state index contributed by atoms with van der Waals surface area (Å²) in [4.78, 5) is 25.0. The van der Waals surface area contributed by atoms with Gasteiger partial charge in [-0.15, -0.1) is 13.2 Å². The molecule has 0 bridgehead atoms. The van der Waals surface area contributed by atoms with E-state index in [0.29, 0.717) is 18.1 Å². The van der Waals surface area contributed by atoms with Gasteiger partial charge in [-0.25, -0.2) is 4.79 Å². The first-order chi connectivity index (χ1) is 13.5. The van der Waals surface area contributed by atoms with E-state index in [1.807, 2.05) is 22.9 Å². The van der Waals surface area contributed by atoms with Crippen LogP contribution in [0, 0.1) is 0 Å². The Bertz CT molecular complexity index is 733. The number of nitrogens with two attached hydrogens (primary N) is 1. The van der Waals surface area contributed by atoms with Gasteiger partial charge < -0.3 is 20.6 Å². The average molecular weight is 447 g/mol. The zero-order valence-corrected chi connectivity index (χ0v) is 15.7. The molecule has 30 heavy (non-hydrogen) atoms. The Labute approximate surface area is 167 Å². The van der Waals surface area contributed by atoms with E-state index in [1.54, 1.807) is 6.08 Å². The van der Waals surface area contributed by atoms with Crippen LogP contribution in [0.2, 0.25) is 0 Å². The molecule has 0 fully saturated rings. The molecule has 0 aromatic carbocycles. The third-order valence-corrected chi connectivity index (χ3v) is 3.86. The van der Waals surface area contributed by atoms with Crippen molar-refractivity contribution in [1.29, 1.82) is 0 Å². The minimum absolute atomic E-state index is 0.0180. The topological polar surface area (TPSA) is 86.9 Å². The fraction of sp³-hybridized carbons (Fsp3) is 0.412. The second-order valence-electron chi connectivity index (χ2n) is 5.81. The number of halogens is 7. The lowest BCUT2D eigenvalue weighted by molar-refractivity contribution is -0.347. The predicted molar refractivity (Wildman–Crippen MR) is 93.3 cm³/mol. The maximum atomic E-state index is 11.8. The van der Waals surface area contributed by atoms with Crippen LogP contribution in [-0.4, -0.2) is 64.4 Å². The summed E-state index contributed by atoms with van der Waals surface area (Å²) in [5, 5.41) is 7.41. The zero-order chi connectivity index (χ0) is 24.1. The number of allylic oxidation sites excluding steroid dienone is 1. The van der Waals surface area contributed by atoms with Gasteiger partial charge in [0.1, 0.15) is 17.7 Å². The Kier molecular flexibility index (Phi) is 8.71. The second kappa shape index (κ2) is 9.67. The van der Waals surface area contributed by atoms with Gasteiger partial charge >= 0.3 is 24.0 Å². The molecule has 1 aliphatic rings. The smallest absolute Gasteiger partial charge is 0.460 e. The number of ketones is 1. The summed E-state index contributed by atoms with van der Waals surface area (Å²) in [6.07, 6.45) is -1.02. The van der Waals surface area contributed by atoms with E-state index in [2.05, 4.69) is 19.7 Å². The molecule has 0 aliphatic carbocycles. The SMILES string of the molecule is C=CCC1N(C)C(N)=C(C(=O)C=C)N1CC=C.O=C(O)C(F)(F)C(F)(F)C(F)(F)F. The number of aliphatic carboxylic acids is 1. The maximum Gasteiger partial charge on any atom is 0.460 e. The van der Waals surface area contributed by atoms with Crippen LogP contribution in [0.15, 0.2) is 49.5 Å². The largest absolute Gasteiger partial charge is 0.477 e. The summed E-state index contributed by atoms with van der Waals surface area (Å²) in [6.45, 7) is 11.5. The van der Waals surface area contributed by atoms with E-state index < -0.39 is 24.0 Å². The number of carboxylic acid groups (broad SMARTS) is 1. The van der Waals surface area contributed by atoms with E-state index in [0.717, 1.165) is 6.42 Å². The molecule has 3 N–H and O–H groups in total. The number of carboxylic acids is 1. The van der Waals surface area contributed by atoms with E-state index >= 15 is 0 Å². The third kappa shape index (κ3) is 5.13. The summed E-state index contributed by atoms with van der Waals surface area (Å²) in [6, 6.07) is 0. The summed E-state index contributed by atoms with van der Waals surface area (Å²) >= 11 is 0. The number of rotatable bonds is 8. The number of hydrogen-bond donors (Lipinski definition) is 2. The first-order valence-electron chi connectivity index (χ1n) is 7.96. The van der Waals surface area contributed by atoms with Crippen molar-refractivity contribution < 1.29 is 45.4 Å². The molecule has 1 heterocycles. The molecular formula is C17H20F7N3O3. The lowest BCUT2D eigenvalue weighted by Gasteiger charge is -2.30. The highest BCUT2D eigenvalue weighted by atomic mass is 19.4. The van der Waals surface area contributed by atoms with E-state index in [-0.39, 0.29) is 11.9 Å². The summed E-state index contributed by atoms with van der Waals surface area (Å²) in [7, 11) is 1.86. The van der Waals surface area contributed by atoms with Gasteiger partial charge in [0.25, 0.3) is 0 Å². The van der Waals surface area contributed by atoms with Crippen molar-refractivity contribution in [1.82, 2.24) is 9.80 Å². The molecule has 1 aliphatic heterocycles. The molecule has 0 radical (unpaired) electrons. The number of alkyl halides is 7. The van der Waals surface area contributed by atoms with Crippen molar-refractivity contribution in [2.45, 2.75) is 30.6 Å². The monoisotopic (exact) mass is 447 g/mol. The van der Waals surface area contributed by atoms with Gasteiger partial charge in [-0.1, -0.05) is 18.7 Å². The molecule has 0 spiro atoms. The molecular weight excluding hydrogens is 427 g/mol. The Morgan fingerprint density at radius 1 is 1.10 bits per heavy atom. The second-order valence-corrected chi connectivity index (χ2v) is 5.81. The van der Waals surface area contributed by atoms with E-state index in [1.165, 1.54) is 6.08 Å². The first-order valence-corrected chi connectivity index (χ1v) is 7.96. The van der Waals surface area contributed by atoms with Gasteiger partial charge in [0.05, 0.1) is 0 Å². The van der Waals surface area contributed by atoms with Crippen LogP contribution in [-0.2, 0) is 9.59 Å². The molecule has 1 unspecified atom stereocenters. The van der Waals surface area contributed by atoms with E-state index in [4.69, 9.17) is 10.8 Å². The summed E-state index contributed by atoms with van der Waals surface area (Å²) in [5.74, 6) is -16.0. The first kappa shape index (κ1) is 27.0. The average Bonchev–Trinajstić information content (AvgIpc) is 2.85. The van der Waals surface area contributed by atoms with Crippen LogP contribution in [0.25, 0.3) is 0 Å². The van der Waals surface area contributed by atoms with Crippen LogP contribution in [0.4, 0.5) is 30.7 Å². The molecule has 0 saturated heterocycles. The summed E-state index contributed by atoms with van der Waals surface area (Å²) in [5.41, 5.74) is 6.46. The Hall–Kier alpha value is -2.99. The lowest BCUT2D eigenvalue weighted by atomic mass is 10.1. The molecule has 1 atom stereocenters. The van der Waals surface area contributed by atoms with Crippen LogP contribution in [0.3, 0.4) is 0 Å². The number of nitrogens with zero attached hydrogens (tertiary/aromatic N) is 2. The minimum atomic E-state index is -6.60. The van der Waals surface area contributed by atoms with Crippen molar-refractivity contribution in [3.63, 3.8) is 0 Å². The fourth-order valence-electron chi connectivity index (χ4n) is 2.30. The normalized spacial score (nSPS) is 17.3. The van der Waals surface area contributed by atoms with Gasteiger partial charge in [-0.05, 0) is 6.08 Å². The zero-order valence-electron chi connectivity index (χ0n) is 15.7. The molecule has 0 aromatic rings. The standard InChI is InChI=1S/C13H19N3O.C4HF7O2/c1-5-8-11-15(4)13(14)12(10(17)7-3)16(11)9-6-2;5-2(6,1(12)13)3(7,8)4(9,10)11/h5-7,11H,1-3,8-9,14H2,4H3;(H,12,13). The van der Waals surface area contributed by atoms with Crippen molar-refractivity contribution in [2.24, 2.45) is 5.73 Å². The van der Waals surface area contributed by atoms with Crippen molar-refractivity contribution in [3.05, 3.63) is 49.5 Å². The number of carbonyl (C=O) groups is 2. The van der Waals surface area contributed by atoms with Gasteiger partial charge in [0.2, 0.25) is 5.78 Å². The quantitative estimate of drug-likeness (QED) is 0.338. The molecule has 1 rings (SSSR count). The lowest BCUT2D eigenvalue weighted by Crippen LogP contribution is -2.56. The van der Waals surface area contributed by atoms with Crippen LogP contribution < -0.4 is 5.73 Å². The van der Waals surface area contributed by atoms with Crippen molar-refractivity contribution in [2.75, 3.05) is 13.6 Å². The molecule has 13 heteroatoms. The maximum absolute atomic E-state index is 11.8. The molecule has 170 valence electrons. The van der Waals surface area contributed by atoms with Gasteiger partial charge in [0, 0.05) is 20.0 Å². The van der Waals surface area contributed by atoms with E-state index in [9.17, 15) is 40.3 Å². The highest BCUT2D eigenvalue weighted by molar-refractivity contribution is 6.03. The highest BCUT2D eigenvalue weighted by Crippen LogP contribution is 2.46.